The molecule has 0 aromatic heterocycles. The highest BCUT2D eigenvalue weighted by molar-refractivity contribution is 7.82. The summed E-state index contributed by atoms with van der Waals surface area (Å²) < 4.78 is -0.168. The fourth-order valence-corrected chi connectivity index (χ4v) is 1.81. The average Bonchev–Trinajstić information content (AvgIpc) is 2.31. The Morgan fingerprint density at radius 2 is 2.00 bits per heavy atom. The van der Waals surface area contributed by atoms with Crippen molar-refractivity contribution >= 4 is 18.2 Å². The Kier molecular flexibility index (Phi) is 2.83. The lowest BCUT2D eigenvalue weighted by molar-refractivity contribution is 0.895. The maximum Gasteiger partial charge on any atom is 0.0523 e. The van der Waals surface area contributed by atoms with E-state index in [1.807, 2.05) is 12.1 Å². The standard InChI is InChI=1S/C14H14S/c1-2-14(15)10-8-13(9-11-14)12-6-4-3-5-7-12/h2-10,15H,1,11H2. The predicted molar refractivity (Wildman–Crippen MR) is 70.1 cm³/mol. The lowest BCUT2D eigenvalue weighted by atomic mass is 9.92. The molecule has 0 bridgehead atoms. The SMILES string of the molecule is C=CC1(S)C=CC(c2ccccc2)=CC1. The molecular formula is C14H14S. The first-order valence-corrected chi connectivity index (χ1v) is 5.49. The summed E-state index contributed by atoms with van der Waals surface area (Å²) in [6.07, 6.45) is 9.22. The van der Waals surface area contributed by atoms with Gasteiger partial charge >= 0.3 is 0 Å². The van der Waals surface area contributed by atoms with E-state index in [0.717, 1.165) is 6.42 Å². The lowest BCUT2D eigenvalue weighted by Gasteiger charge is -2.22. The van der Waals surface area contributed by atoms with Crippen molar-refractivity contribution in [2.45, 2.75) is 11.2 Å². The molecule has 1 aromatic carbocycles. The smallest absolute Gasteiger partial charge is 0.0523 e. The molecule has 1 heteroatoms. The third kappa shape index (κ3) is 2.24. The van der Waals surface area contributed by atoms with Crippen LogP contribution in [0.3, 0.4) is 0 Å². The third-order valence-corrected chi connectivity index (χ3v) is 3.18. The van der Waals surface area contributed by atoms with Crippen molar-refractivity contribution in [3.63, 3.8) is 0 Å². The number of hydrogen-bond donors (Lipinski definition) is 1. The van der Waals surface area contributed by atoms with E-state index < -0.39 is 0 Å². The Balaban J connectivity index is 2.24. The summed E-state index contributed by atoms with van der Waals surface area (Å²) in [4.78, 5) is 0. The van der Waals surface area contributed by atoms with Crippen molar-refractivity contribution in [3.05, 3.63) is 66.8 Å². The molecule has 15 heavy (non-hydrogen) atoms. The first-order valence-electron chi connectivity index (χ1n) is 5.04. The van der Waals surface area contributed by atoms with Crippen molar-refractivity contribution in [1.82, 2.24) is 0 Å². The Hall–Kier alpha value is -1.21. The zero-order valence-corrected chi connectivity index (χ0v) is 9.45. The predicted octanol–water partition coefficient (Wildman–Crippen LogP) is 3.88. The van der Waals surface area contributed by atoms with E-state index in [-0.39, 0.29) is 4.75 Å². The van der Waals surface area contributed by atoms with Crippen LogP contribution >= 0.6 is 12.6 Å². The highest BCUT2D eigenvalue weighted by atomic mass is 32.1. The molecule has 1 atom stereocenters. The molecule has 0 radical (unpaired) electrons. The van der Waals surface area contributed by atoms with Gasteiger partial charge in [0.15, 0.2) is 0 Å². The molecule has 1 unspecified atom stereocenters. The highest BCUT2D eigenvalue weighted by Gasteiger charge is 2.19. The largest absolute Gasteiger partial charge is 0.164 e. The van der Waals surface area contributed by atoms with Crippen LogP contribution in [0, 0.1) is 0 Å². The van der Waals surface area contributed by atoms with E-state index in [0.29, 0.717) is 0 Å². The van der Waals surface area contributed by atoms with Gasteiger partial charge in [0.2, 0.25) is 0 Å². The van der Waals surface area contributed by atoms with E-state index in [9.17, 15) is 0 Å². The maximum absolute atomic E-state index is 4.55. The molecule has 0 N–H and O–H groups in total. The van der Waals surface area contributed by atoms with Gasteiger partial charge in [-0.2, -0.15) is 12.6 Å². The van der Waals surface area contributed by atoms with Crippen molar-refractivity contribution in [2.75, 3.05) is 0 Å². The van der Waals surface area contributed by atoms with E-state index in [1.54, 1.807) is 0 Å². The van der Waals surface area contributed by atoms with E-state index in [4.69, 9.17) is 0 Å². The van der Waals surface area contributed by atoms with E-state index >= 15 is 0 Å². The molecule has 1 aromatic rings. The molecule has 2 rings (SSSR count). The number of thiol groups is 1. The van der Waals surface area contributed by atoms with Gasteiger partial charge in [-0.05, 0) is 17.6 Å². The number of rotatable bonds is 2. The van der Waals surface area contributed by atoms with Crippen molar-refractivity contribution in [3.8, 4) is 0 Å². The minimum atomic E-state index is -0.168. The summed E-state index contributed by atoms with van der Waals surface area (Å²) in [7, 11) is 0. The zero-order chi connectivity index (χ0) is 10.7. The number of hydrogen-bond acceptors (Lipinski definition) is 1. The fraction of sp³-hybridized carbons (Fsp3) is 0.143. The van der Waals surface area contributed by atoms with Gasteiger partial charge in [0.1, 0.15) is 0 Å². The first kappa shape index (κ1) is 10.3. The van der Waals surface area contributed by atoms with Crippen molar-refractivity contribution in [2.24, 2.45) is 0 Å². The summed E-state index contributed by atoms with van der Waals surface area (Å²) in [5.74, 6) is 0. The Morgan fingerprint density at radius 3 is 2.53 bits per heavy atom. The van der Waals surface area contributed by atoms with Crippen LogP contribution in [0.5, 0.6) is 0 Å². The molecule has 0 spiro atoms. The molecule has 0 heterocycles. The van der Waals surface area contributed by atoms with Gasteiger partial charge < -0.3 is 0 Å². The molecule has 0 amide bonds. The van der Waals surface area contributed by atoms with Gasteiger partial charge in [0.25, 0.3) is 0 Å². The van der Waals surface area contributed by atoms with Crippen LogP contribution in [0.2, 0.25) is 0 Å². The normalized spacial score (nSPS) is 24.7. The second-order valence-corrected chi connectivity index (χ2v) is 4.59. The van der Waals surface area contributed by atoms with Crippen molar-refractivity contribution < 1.29 is 0 Å². The van der Waals surface area contributed by atoms with Gasteiger partial charge in [-0.3, -0.25) is 0 Å². The maximum atomic E-state index is 4.55. The summed E-state index contributed by atoms with van der Waals surface area (Å²) in [6.45, 7) is 3.80. The fourth-order valence-electron chi connectivity index (χ4n) is 1.64. The lowest BCUT2D eigenvalue weighted by Crippen LogP contribution is -2.15. The summed E-state index contributed by atoms with van der Waals surface area (Å²) in [5, 5.41) is 0. The Morgan fingerprint density at radius 1 is 1.27 bits per heavy atom. The van der Waals surface area contributed by atoms with Gasteiger partial charge in [0, 0.05) is 0 Å². The topological polar surface area (TPSA) is 0 Å². The summed E-state index contributed by atoms with van der Waals surface area (Å²) in [5.41, 5.74) is 2.52. The molecule has 1 aliphatic rings. The molecule has 0 aliphatic heterocycles. The van der Waals surface area contributed by atoms with E-state index in [1.165, 1.54) is 11.1 Å². The zero-order valence-electron chi connectivity index (χ0n) is 8.56. The minimum Gasteiger partial charge on any atom is -0.164 e. The second-order valence-electron chi connectivity index (χ2n) is 3.76. The molecule has 0 saturated heterocycles. The van der Waals surface area contributed by atoms with Crippen LogP contribution in [0.15, 0.2) is 61.2 Å². The average molecular weight is 214 g/mol. The molecule has 76 valence electrons. The quantitative estimate of drug-likeness (QED) is 0.560. The van der Waals surface area contributed by atoms with Gasteiger partial charge in [-0.1, -0.05) is 54.6 Å². The van der Waals surface area contributed by atoms with Crippen LogP contribution in [0.4, 0.5) is 0 Å². The molecule has 0 saturated carbocycles. The molecular weight excluding hydrogens is 200 g/mol. The van der Waals surface area contributed by atoms with Crippen molar-refractivity contribution in [1.29, 1.82) is 0 Å². The number of benzene rings is 1. The van der Waals surface area contributed by atoms with Crippen LogP contribution in [-0.4, -0.2) is 4.75 Å². The summed E-state index contributed by atoms with van der Waals surface area (Å²) in [6, 6.07) is 10.4. The highest BCUT2D eigenvalue weighted by Crippen LogP contribution is 2.31. The van der Waals surface area contributed by atoms with Gasteiger partial charge in [0.05, 0.1) is 4.75 Å². The van der Waals surface area contributed by atoms with Crippen LogP contribution in [-0.2, 0) is 0 Å². The minimum absolute atomic E-state index is 0.168. The second kappa shape index (κ2) is 4.11. The monoisotopic (exact) mass is 214 g/mol. The number of allylic oxidation sites excluding steroid dienone is 3. The van der Waals surface area contributed by atoms with Gasteiger partial charge in [-0.15, -0.1) is 6.58 Å². The Labute approximate surface area is 96.4 Å². The van der Waals surface area contributed by atoms with Crippen LogP contribution < -0.4 is 0 Å². The first-order chi connectivity index (χ1) is 7.23. The third-order valence-electron chi connectivity index (χ3n) is 2.66. The Bertz CT molecular complexity index is 414. The molecule has 0 nitrogen and oxygen atoms in total. The van der Waals surface area contributed by atoms with E-state index in [2.05, 4.69) is 61.7 Å². The summed E-state index contributed by atoms with van der Waals surface area (Å²) >= 11 is 4.55. The van der Waals surface area contributed by atoms with Crippen LogP contribution in [0.1, 0.15) is 12.0 Å². The molecule has 0 fully saturated rings. The van der Waals surface area contributed by atoms with Gasteiger partial charge in [-0.25, -0.2) is 0 Å². The molecule has 1 aliphatic carbocycles. The van der Waals surface area contributed by atoms with Crippen LogP contribution in [0.25, 0.3) is 5.57 Å².